The molecule has 256 valence electrons. The van der Waals surface area contributed by atoms with Crippen LogP contribution >= 0.6 is 0 Å². The van der Waals surface area contributed by atoms with Crippen LogP contribution in [-0.2, 0) is 9.53 Å². The zero-order valence-corrected chi connectivity index (χ0v) is 28.5. The van der Waals surface area contributed by atoms with E-state index in [4.69, 9.17) is 4.74 Å². The van der Waals surface area contributed by atoms with E-state index in [0.717, 1.165) is 25.3 Å². The lowest BCUT2D eigenvalue weighted by molar-refractivity contribution is -0.143. The van der Waals surface area contributed by atoms with E-state index in [1.165, 1.54) is 35.2 Å². The van der Waals surface area contributed by atoms with E-state index in [-0.39, 0.29) is 71.2 Å². The first-order chi connectivity index (χ1) is 22.6. The zero-order chi connectivity index (χ0) is 34.8. The summed E-state index contributed by atoms with van der Waals surface area (Å²) in [5, 5.41) is 0.300. The third kappa shape index (κ3) is 5.83. The number of nitrogens with zero attached hydrogens (tertiary/aromatic N) is 5. The van der Waals surface area contributed by atoms with E-state index in [1.54, 1.807) is 35.5 Å². The highest BCUT2D eigenvalue weighted by atomic mass is 19.1. The van der Waals surface area contributed by atoms with Gasteiger partial charge in [-0.25, -0.2) is 14.2 Å². The summed E-state index contributed by atoms with van der Waals surface area (Å²) in [6, 6.07) is 4.22. The maximum absolute atomic E-state index is 15.4. The van der Waals surface area contributed by atoms with Crippen molar-refractivity contribution in [2.75, 3.05) is 13.1 Å². The Morgan fingerprint density at radius 2 is 1.67 bits per heavy atom. The van der Waals surface area contributed by atoms with E-state index < -0.39 is 41.3 Å². The number of halogens is 2. The maximum Gasteiger partial charge on any atom is 0.411 e. The number of likely N-dealkylation sites (tertiary alicyclic amines) is 2. The molecule has 3 amide bonds. The molecule has 4 heterocycles. The number of hydrogen-bond donors (Lipinski definition) is 0. The number of hydrogen-bond acceptors (Lipinski definition) is 6. The monoisotopic (exact) mass is 663 g/mol. The molecule has 2 aliphatic heterocycles. The SMILES string of the molecule is CC(C)N(C(=O)c1cc(F)ccc1-n1cc(C(=O)C2CN(C(=O)[C@@H]3[C@H]4CC[C@H](C4)N3C(=O)OC(C)(C)C)C2)c2ccnc(F)c21)C(C)C. The van der Waals surface area contributed by atoms with Crippen LogP contribution in [0.1, 0.15) is 88.4 Å². The number of pyridine rings is 1. The van der Waals surface area contributed by atoms with Gasteiger partial charge in [0.1, 0.15) is 23.0 Å². The smallest absolute Gasteiger partial charge is 0.411 e. The number of ketones is 1. The average molecular weight is 664 g/mol. The third-order valence-corrected chi connectivity index (χ3v) is 9.74. The van der Waals surface area contributed by atoms with E-state index >= 15 is 4.39 Å². The van der Waals surface area contributed by atoms with E-state index in [9.17, 15) is 23.6 Å². The predicted molar refractivity (Wildman–Crippen MR) is 175 cm³/mol. The van der Waals surface area contributed by atoms with Gasteiger partial charge in [0, 0.05) is 54.6 Å². The number of carbonyl (C=O) groups is 4. The summed E-state index contributed by atoms with van der Waals surface area (Å²) in [6.07, 6.45) is 4.69. The molecule has 10 nitrogen and oxygen atoms in total. The van der Waals surface area contributed by atoms with E-state index in [0.29, 0.717) is 5.39 Å². The summed E-state index contributed by atoms with van der Waals surface area (Å²) >= 11 is 0. The number of aromatic nitrogens is 2. The van der Waals surface area contributed by atoms with Crippen molar-refractivity contribution in [3.05, 3.63) is 59.6 Å². The average Bonchev–Trinajstić information content (AvgIpc) is 3.69. The molecule has 1 aromatic carbocycles. The van der Waals surface area contributed by atoms with Crippen molar-refractivity contribution in [1.29, 1.82) is 0 Å². The minimum atomic E-state index is -0.845. The molecule has 1 aliphatic carbocycles. The first kappa shape index (κ1) is 33.5. The number of carbonyl (C=O) groups excluding carboxylic acids is 4. The number of Topliss-reactive ketones (excluding diaryl/α,β-unsaturated/α-hetero) is 1. The van der Waals surface area contributed by atoms with Crippen LogP contribution in [0.3, 0.4) is 0 Å². The number of ether oxygens (including phenoxy) is 1. The van der Waals surface area contributed by atoms with Gasteiger partial charge in [-0.3, -0.25) is 19.3 Å². The molecule has 0 N–H and O–H groups in total. The van der Waals surface area contributed by atoms with Gasteiger partial charge in [0.2, 0.25) is 11.9 Å². The summed E-state index contributed by atoms with van der Waals surface area (Å²) in [4.78, 5) is 63.3. The summed E-state index contributed by atoms with van der Waals surface area (Å²) in [7, 11) is 0. The van der Waals surface area contributed by atoms with Gasteiger partial charge in [0.25, 0.3) is 5.91 Å². The second-order valence-corrected chi connectivity index (χ2v) is 14.8. The molecule has 3 aromatic rings. The van der Waals surface area contributed by atoms with Crippen molar-refractivity contribution < 1.29 is 32.7 Å². The lowest BCUT2D eigenvalue weighted by Gasteiger charge is -2.43. The minimum Gasteiger partial charge on any atom is -0.444 e. The standard InChI is InChI=1S/C36H43F2N5O5/c1-19(2)42(20(3)4)33(45)26-15-23(37)9-11-28(26)41-18-27(25-12-13-39-32(38)30(25)41)31(44)22-16-40(17-22)34(46)29-21-8-10-24(14-21)43(29)35(47)48-36(5,6)7/h9,11-13,15,18-22,24,29H,8,10,14,16-17H2,1-7H3/t21-,24+,29-/m0/s1. The van der Waals surface area contributed by atoms with Crippen LogP contribution in [0.15, 0.2) is 36.7 Å². The van der Waals surface area contributed by atoms with Crippen molar-refractivity contribution in [1.82, 2.24) is 24.3 Å². The molecule has 2 saturated heterocycles. The number of piperidine rings is 1. The van der Waals surface area contributed by atoms with E-state index in [2.05, 4.69) is 4.98 Å². The lowest BCUT2D eigenvalue weighted by atomic mass is 9.88. The fourth-order valence-corrected chi connectivity index (χ4v) is 7.73. The molecule has 6 rings (SSSR count). The van der Waals surface area contributed by atoms with Crippen molar-refractivity contribution in [2.45, 2.75) is 97.5 Å². The van der Waals surface area contributed by atoms with Crippen molar-refractivity contribution in [2.24, 2.45) is 11.8 Å². The van der Waals surface area contributed by atoms with Gasteiger partial charge in [0.05, 0.1) is 17.2 Å². The van der Waals surface area contributed by atoms with Crippen LogP contribution in [-0.4, -0.2) is 90.8 Å². The Morgan fingerprint density at radius 3 is 2.31 bits per heavy atom. The molecule has 1 saturated carbocycles. The molecule has 12 heteroatoms. The van der Waals surface area contributed by atoms with Crippen molar-refractivity contribution in [3.63, 3.8) is 0 Å². The van der Waals surface area contributed by atoms with Crippen LogP contribution in [0.5, 0.6) is 0 Å². The van der Waals surface area contributed by atoms with Crippen LogP contribution in [0.2, 0.25) is 0 Å². The molecule has 3 fully saturated rings. The molecule has 0 radical (unpaired) electrons. The Bertz CT molecular complexity index is 1780. The van der Waals surface area contributed by atoms with Crippen molar-refractivity contribution >= 4 is 34.6 Å². The Kier molecular flexibility index (Phi) is 8.58. The molecule has 48 heavy (non-hydrogen) atoms. The van der Waals surface area contributed by atoms with Gasteiger partial charge in [-0.1, -0.05) is 0 Å². The fraction of sp³-hybridized carbons (Fsp3) is 0.528. The van der Waals surface area contributed by atoms with Gasteiger partial charge in [0.15, 0.2) is 5.78 Å². The van der Waals surface area contributed by atoms with Gasteiger partial charge < -0.3 is 19.1 Å². The van der Waals surface area contributed by atoms with Crippen LogP contribution in [0.4, 0.5) is 13.6 Å². The molecule has 0 spiro atoms. The summed E-state index contributed by atoms with van der Waals surface area (Å²) in [5.41, 5.74) is -0.251. The van der Waals surface area contributed by atoms with Crippen molar-refractivity contribution in [3.8, 4) is 5.69 Å². The quantitative estimate of drug-likeness (QED) is 0.227. The molecule has 2 aromatic heterocycles. The zero-order valence-electron chi connectivity index (χ0n) is 28.5. The number of fused-ring (bicyclic) bond motifs is 3. The molecule has 0 unspecified atom stereocenters. The maximum atomic E-state index is 15.4. The van der Waals surface area contributed by atoms with Gasteiger partial charge in [-0.05, 0) is 97.9 Å². The second kappa shape index (κ2) is 12.3. The number of benzene rings is 1. The molecular weight excluding hydrogens is 620 g/mol. The molecule has 3 atom stereocenters. The minimum absolute atomic E-state index is 0.00982. The predicted octanol–water partition coefficient (Wildman–Crippen LogP) is 5.99. The van der Waals surface area contributed by atoms with Crippen LogP contribution in [0, 0.1) is 23.6 Å². The first-order valence-corrected chi connectivity index (χ1v) is 16.7. The normalized spacial score (nSPS) is 20.9. The Morgan fingerprint density at radius 1 is 0.979 bits per heavy atom. The summed E-state index contributed by atoms with van der Waals surface area (Å²) < 4.78 is 37.1. The fourth-order valence-electron chi connectivity index (χ4n) is 7.73. The second-order valence-electron chi connectivity index (χ2n) is 14.8. The molecular formula is C36H43F2N5O5. The Hall–Kier alpha value is -4.35. The first-order valence-electron chi connectivity index (χ1n) is 16.7. The number of amides is 3. The Labute approximate surface area is 279 Å². The van der Waals surface area contributed by atoms with E-state index in [1.807, 2.05) is 27.7 Å². The molecule has 3 aliphatic rings. The van der Waals surface area contributed by atoms with Crippen LogP contribution in [0.25, 0.3) is 16.6 Å². The topological polar surface area (TPSA) is 105 Å². The highest BCUT2D eigenvalue weighted by Gasteiger charge is 2.55. The number of rotatable bonds is 7. The van der Waals surface area contributed by atoms with Gasteiger partial charge in [-0.2, -0.15) is 4.39 Å². The summed E-state index contributed by atoms with van der Waals surface area (Å²) in [6.45, 7) is 13.1. The molecule has 2 bridgehead atoms. The third-order valence-electron chi connectivity index (χ3n) is 9.74. The van der Waals surface area contributed by atoms with Gasteiger partial charge in [-0.15, -0.1) is 0 Å². The highest BCUT2D eigenvalue weighted by molar-refractivity contribution is 6.11. The highest BCUT2D eigenvalue weighted by Crippen LogP contribution is 2.44. The van der Waals surface area contributed by atoms with Gasteiger partial charge >= 0.3 is 6.09 Å². The Balaban J connectivity index is 1.28. The van der Waals surface area contributed by atoms with Crippen LogP contribution < -0.4 is 0 Å². The largest absolute Gasteiger partial charge is 0.444 e. The summed E-state index contributed by atoms with van der Waals surface area (Å²) in [5.74, 6) is -2.88. The lowest BCUT2D eigenvalue weighted by Crippen LogP contribution is -2.61.